The largest absolute Gasteiger partial charge is 0.492 e. The van der Waals surface area contributed by atoms with Crippen molar-refractivity contribution in [1.82, 2.24) is 9.84 Å². The van der Waals surface area contributed by atoms with Crippen molar-refractivity contribution in [3.63, 3.8) is 0 Å². The summed E-state index contributed by atoms with van der Waals surface area (Å²) in [6, 6.07) is 18.3. The maximum Gasteiger partial charge on any atom is 0.308 e. The van der Waals surface area contributed by atoms with Crippen LogP contribution in [0, 0.1) is 0 Å². The van der Waals surface area contributed by atoms with E-state index in [2.05, 4.69) is 5.43 Å². The molecule has 3 rings (SSSR count). The molecule has 0 spiro atoms. The molecule has 1 amide bonds. The van der Waals surface area contributed by atoms with Gasteiger partial charge in [0.25, 0.3) is 10.0 Å². The van der Waals surface area contributed by atoms with Gasteiger partial charge in [-0.25, -0.2) is 8.42 Å². The normalized spacial score (nSPS) is 12.7. The van der Waals surface area contributed by atoms with Crippen LogP contribution in [0.15, 0.2) is 71.6 Å². The number of hydrogen-bond donors (Lipinski definition) is 1. The Morgan fingerprint density at radius 2 is 1.66 bits per heavy atom. The van der Waals surface area contributed by atoms with Crippen LogP contribution in [0.3, 0.4) is 0 Å². The lowest BCUT2D eigenvalue weighted by Gasteiger charge is -2.28. The van der Waals surface area contributed by atoms with Gasteiger partial charge in [-0.3, -0.25) is 15.0 Å². The Labute approximate surface area is 222 Å². The average molecular weight is 541 g/mol. The Morgan fingerprint density at radius 3 is 2.34 bits per heavy atom. The van der Waals surface area contributed by atoms with Crippen molar-refractivity contribution in [3.8, 4) is 5.75 Å². The molecular weight excluding hydrogens is 508 g/mol. The predicted molar refractivity (Wildman–Crippen MR) is 143 cm³/mol. The highest BCUT2D eigenvalue weighted by molar-refractivity contribution is 7.89. The molecule has 1 N–H and O–H groups in total. The van der Waals surface area contributed by atoms with Gasteiger partial charge < -0.3 is 14.3 Å². The summed E-state index contributed by atoms with van der Waals surface area (Å²) >= 11 is 0. The Morgan fingerprint density at radius 1 is 1.00 bits per heavy atom. The first-order chi connectivity index (χ1) is 17.9. The van der Waals surface area contributed by atoms with Crippen molar-refractivity contribution in [2.75, 3.05) is 6.61 Å². The molecule has 3 aromatic rings. The first-order valence-corrected chi connectivity index (χ1v) is 13.5. The summed E-state index contributed by atoms with van der Waals surface area (Å²) in [6.07, 6.45) is 0.201. The van der Waals surface area contributed by atoms with Crippen molar-refractivity contribution in [3.05, 3.63) is 72.3 Å². The van der Waals surface area contributed by atoms with Gasteiger partial charge in [-0.1, -0.05) is 59.0 Å². The SMILES string of the molecule is CC(=O)NN(C(C=O)CC(=O)OC(C)(C)C)S(=O)(=O)c1ccccc1OCCc1cccc2ccccc12. The van der Waals surface area contributed by atoms with Crippen LogP contribution >= 0.6 is 0 Å². The molecule has 9 nitrogen and oxygen atoms in total. The maximum atomic E-state index is 13.7. The van der Waals surface area contributed by atoms with E-state index >= 15 is 0 Å². The molecule has 1 unspecified atom stereocenters. The van der Waals surface area contributed by atoms with Gasteiger partial charge in [0.2, 0.25) is 5.91 Å². The summed E-state index contributed by atoms with van der Waals surface area (Å²) in [5.41, 5.74) is 2.38. The van der Waals surface area contributed by atoms with E-state index in [4.69, 9.17) is 9.47 Å². The van der Waals surface area contributed by atoms with Gasteiger partial charge in [-0.05, 0) is 49.2 Å². The van der Waals surface area contributed by atoms with Crippen LogP contribution in [-0.2, 0) is 35.6 Å². The van der Waals surface area contributed by atoms with E-state index in [-0.39, 0.29) is 23.5 Å². The number of esters is 1. The first-order valence-electron chi connectivity index (χ1n) is 12.1. The van der Waals surface area contributed by atoms with Crippen LogP contribution in [0.4, 0.5) is 0 Å². The molecule has 0 aliphatic rings. The monoisotopic (exact) mass is 540 g/mol. The molecule has 0 heterocycles. The molecule has 0 aliphatic heterocycles. The third-order valence-electron chi connectivity index (χ3n) is 5.42. The number of nitrogens with one attached hydrogen (secondary N) is 1. The van der Waals surface area contributed by atoms with Gasteiger partial charge in [-0.2, -0.15) is 0 Å². The molecule has 3 aromatic carbocycles. The second kappa shape index (κ2) is 12.2. The molecule has 1 atom stereocenters. The number of aldehydes is 1. The van der Waals surface area contributed by atoms with Crippen molar-refractivity contribution < 1.29 is 32.3 Å². The number of hydrogen-bond acceptors (Lipinski definition) is 7. The second-order valence-electron chi connectivity index (χ2n) is 9.65. The minimum absolute atomic E-state index is 0.0463. The summed E-state index contributed by atoms with van der Waals surface area (Å²) in [5, 5.41) is 2.16. The van der Waals surface area contributed by atoms with E-state index in [1.54, 1.807) is 26.8 Å². The minimum Gasteiger partial charge on any atom is -0.492 e. The number of ether oxygens (including phenoxy) is 2. The quantitative estimate of drug-likeness (QED) is 0.223. The summed E-state index contributed by atoms with van der Waals surface area (Å²) < 4.78 is 39.0. The smallest absolute Gasteiger partial charge is 0.308 e. The molecule has 10 heteroatoms. The third kappa shape index (κ3) is 7.39. The summed E-state index contributed by atoms with van der Waals surface area (Å²) in [6.45, 7) is 6.22. The highest BCUT2D eigenvalue weighted by Crippen LogP contribution is 2.28. The average Bonchev–Trinajstić information content (AvgIpc) is 2.85. The number of rotatable bonds is 11. The molecule has 0 bridgehead atoms. The molecular formula is C28H32N2O7S. The third-order valence-corrected chi connectivity index (χ3v) is 7.19. The number of carbonyl (C=O) groups excluding carboxylic acids is 3. The van der Waals surface area contributed by atoms with Crippen molar-refractivity contribution in [1.29, 1.82) is 0 Å². The van der Waals surface area contributed by atoms with Crippen LogP contribution in [0.1, 0.15) is 39.7 Å². The zero-order valence-electron chi connectivity index (χ0n) is 21.8. The van der Waals surface area contributed by atoms with E-state index in [0.29, 0.717) is 10.8 Å². The number of nitrogens with zero attached hydrogens (tertiary/aromatic N) is 1. The molecule has 38 heavy (non-hydrogen) atoms. The molecule has 0 saturated carbocycles. The Kier molecular flexibility index (Phi) is 9.24. The number of hydrazine groups is 1. The fourth-order valence-corrected chi connectivity index (χ4v) is 5.46. The molecule has 0 radical (unpaired) electrons. The van der Waals surface area contributed by atoms with Gasteiger partial charge >= 0.3 is 5.97 Å². The van der Waals surface area contributed by atoms with Crippen LogP contribution in [0.5, 0.6) is 5.75 Å². The Hall–Kier alpha value is -3.76. The lowest BCUT2D eigenvalue weighted by molar-refractivity contribution is -0.156. The van der Waals surface area contributed by atoms with Gasteiger partial charge in [-0.15, -0.1) is 0 Å². The summed E-state index contributed by atoms with van der Waals surface area (Å²) in [4.78, 5) is 36.0. The van der Waals surface area contributed by atoms with Crippen molar-refractivity contribution in [2.45, 2.75) is 57.1 Å². The van der Waals surface area contributed by atoms with Gasteiger partial charge in [0.05, 0.1) is 13.0 Å². The fraction of sp³-hybridized carbons (Fsp3) is 0.321. The maximum absolute atomic E-state index is 13.7. The second-order valence-corrected chi connectivity index (χ2v) is 11.4. The highest BCUT2D eigenvalue weighted by atomic mass is 32.2. The Bertz CT molecular complexity index is 1410. The molecule has 0 fully saturated rings. The van der Waals surface area contributed by atoms with E-state index in [0.717, 1.165) is 23.3 Å². The van der Waals surface area contributed by atoms with Crippen LogP contribution in [-0.4, -0.2) is 49.2 Å². The summed E-state index contributed by atoms with van der Waals surface area (Å²) in [5.74, 6) is -1.48. The Balaban J connectivity index is 1.86. The van der Waals surface area contributed by atoms with Crippen molar-refractivity contribution >= 4 is 39.0 Å². The zero-order valence-corrected chi connectivity index (χ0v) is 22.7. The van der Waals surface area contributed by atoms with Crippen LogP contribution < -0.4 is 10.2 Å². The molecule has 202 valence electrons. The number of para-hydroxylation sites is 1. The predicted octanol–water partition coefficient (Wildman–Crippen LogP) is 3.80. The zero-order chi connectivity index (χ0) is 27.9. The number of sulfonamides is 1. The lowest BCUT2D eigenvalue weighted by atomic mass is 10.0. The van der Waals surface area contributed by atoms with E-state index < -0.39 is 40.0 Å². The minimum atomic E-state index is -4.52. The number of fused-ring (bicyclic) bond motifs is 1. The van der Waals surface area contributed by atoms with Crippen LogP contribution in [0.2, 0.25) is 0 Å². The topological polar surface area (TPSA) is 119 Å². The van der Waals surface area contributed by atoms with Gasteiger partial charge in [0, 0.05) is 13.3 Å². The van der Waals surface area contributed by atoms with Crippen LogP contribution in [0.25, 0.3) is 10.8 Å². The van der Waals surface area contributed by atoms with Crippen molar-refractivity contribution in [2.24, 2.45) is 0 Å². The molecule has 0 aromatic heterocycles. The van der Waals surface area contributed by atoms with E-state index in [1.807, 2.05) is 42.5 Å². The molecule has 0 aliphatic carbocycles. The highest BCUT2D eigenvalue weighted by Gasteiger charge is 2.36. The molecule has 0 saturated heterocycles. The van der Waals surface area contributed by atoms with Gasteiger partial charge in [0.1, 0.15) is 28.6 Å². The number of amides is 1. The first kappa shape index (κ1) is 28.8. The summed E-state index contributed by atoms with van der Waals surface area (Å²) in [7, 11) is -4.52. The number of benzene rings is 3. The van der Waals surface area contributed by atoms with E-state index in [9.17, 15) is 22.8 Å². The fourth-order valence-electron chi connectivity index (χ4n) is 3.89. The van der Waals surface area contributed by atoms with Gasteiger partial charge in [0.15, 0.2) is 0 Å². The van der Waals surface area contributed by atoms with E-state index in [1.165, 1.54) is 18.2 Å². The number of carbonyl (C=O) groups is 3. The standard InChI is InChI=1S/C28H32N2O7S/c1-20(32)29-30(23(19-31)18-27(33)37-28(2,3)4)38(34,35)26-15-8-7-14-25(26)36-17-16-22-12-9-11-21-10-5-6-13-24(21)22/h5-15,19,23H,16-18H2,1-4H3,(H,29,32). The lowest BCUT2D eigenvalue weighted by Crippen LogP contribution is -2.52.